The highest BCUT2D eigenvalue weighted by Gasteiger charge is 2.28. The Kier molecular flexibility index (Phi) is 3.58. The van der Waals surface area contributed by atoms with E-state index in [4.69, 9.17) is 14.3 Å². The number of nitrogens with one attached hydrogen (secondary N) is 1. The highest BCUT2D eigenvalue weighted by Crippen LogP contribution is 2.28. The molecule has 1 aliphatic rings. The second kappa shape index (κ2) is 5.55. The van der Waals surface area contributed by atoms with E-state index < -0.39 is 12.1 Å². The third-order valence-electron chi connectivity index (χ3n) is 3.58. The second-order valence-electron chi connectivity index (χ2n) is 5.12. The summed E-state index contributed by atoms with van der Waals surface area (Å²) in [5, 5.41) is 11.7. The molecule has 22 heavy (non-hydrogen) atoms. The van der Waals surface area contributed by atoms with Crippen molar-refractivity contribution in [1.29, 1.82) is 0 Å². The highest BCUT2D eigenvalue weighted by molar-refractivity contribution is 5.89. The van der Waals surface area contributed by atoms with Crippen LogP contribution in [-0.2, 0) is 17.8 Å². The molecule has 0 saturated carbocycles. The molecule has 1 atom stereocenters. The number of furan rings is 1. The van der Waals surface area contributed by atoms with E-state index in [-0.39, 0.29) is 18.0 Å². The van der Waals surface area contributed by atoms with Crippen LogP contribution < -0.4 is 10.1 Å². The fourth-order valence-electron chi connectivity index (χ4n) is 2.46. The maximum absolute atomic E-state index is 12.1. The maximum Gasteiger partial charge on any atom is 0.339 e. The standard InChI is InChI=1S/C16H15NO5/c1-9-12(16(19)20)7-11(21-9)8-17-15(18)14-6-10-4-2-3-5-13(10)22-14/h2-5,7,14H,6,8H2,1H3,(H,17,18)(H,19,20)/t14-/m0/s1. The number of hydrogen-bond donors (Lipinski definition) is 2. The van der Waals surface area contributed by atoms with E-state index in [0.717, 1.165) is 11.3 Å². The minimum Gasteiger partial charge on any atom is -0.480 e. The van der Waals surface area contributed by atoms with Crippen molar-refractivity contribution in [2.24, 2.45) is 0 Å². The van der Waals surface area contributed by atoms with E-state index in [1.54, 1.807) is 6.92 Å². The summed E-state index contributed by atoms with van der Waals surface area (Å²) in [6.07, 6.45) is -0.0352. The van der Waals surface area contributed by atoms with E-state index >= 15 is 0 Å². The van der Waals surface area contributed by atoms with Crippen LogP contribution in [-0.4, -0.2) is 23.1 Å². The molecular formula is C16H15NO5. The smallest absolute Gasteiger partial charge is 0.339 e. The maximum atomic E-state index is 12.1. The third kappa shape index (κ3) is 2.67. The first-order valence-corrected chi connectivity index (χ1v) is 6.89. The van der Waals surface area contributed by atoms with Crippen LogP contribution in [0.3, 0.4) is 0 Å². The molecule has 6 heteroatoms. The van der Waals surface area contributed by atoms with Crippen molar-refractivity contribution >= 4 is 11.9 Å². The fourth-order valence-corrected chi connectivity index (χ4v) is 2.46. The molecule has 1 amide bonds. The van der Waals surface area contributed by atoms with Gasteiger partial charge in [0.25, 0.3) is 5.91 Å². The predicted octanol–water partition coefficient (Wildman–Crippen LogP) is 1.91. The molecule has 114 valence electrons. The lowest BCUT2D eigenvalue weighted by Crippen LogP contribution is -2.36. The van der Waals surface area contributed by atoms with Crippen LogP contribution in [0.4, 0.5) is 0 Å². The molecule has 0 radical (unpaired) electrons. The number of aryl methyl sites for hydroxylation is 1. The molecule has 1 aliphatic heterocycles. The largest absolute Gasteiger partial charge is 0.480 e. The topological polar surface area (TPSA) is 88.8 Å². The van der Waals surface area contributed by atoms with Crippen LogP contribution in [0.5, 0.6) is 5.75 Å². The number of rotatable bonds is 4. The summed E-state index contributed by atoms with van der Waals surface area (Å²) >= 11 is 0. The van der Waals surface area contributed by atoms with Gasteiger partial charge >= 0.3 is 5.97 Å². The van der Waals surface area contributed by atoms with Crippen molar-refractivity contribution in [2.45, 2.75) is 26.0 Å². The lowest BCUT2D eigenvalue weighted by molar-refractivity contribution is -0.127. The van der Waals surface area contributed by atoms with Crippen LogP contribution in [0.1, 0.15) is 27.4 Å². The van der Waals surface area contributed by atoms with Gasteiger partial charge in [0.15, 0.2) is 6.10 Å². The Labute approximate surface area is 126 Å². The SMILES string of the molecule is Cc1oc(CNC(=O)[C@@H]2Cc3ccccc3O2)cc1C(=O)O. The van der Waals surface area contributed by atoms with Gasteiger partial charge in [-0.05, 0) is 24.6 Å². The molecule has 1 aromatic carbocycles. The summed E-state index contributed by atoms with van der Waals surface area (Å²) in [6, 6.07) is 8.94. The molecule has 3 rings (SSSR count). The Morgan fingerprint density at radius 1 is 1.36 bits per heavy atom. The Bertz CT molecular complexity index is 709. The summed E-state index contributed by atoms with van der Waals surface area (Å²) < 4.78 is 10.9. The zero-order valence-electron chi connectivity index (χ0n) is 12.0. The van der Waals surface area contributed by atoms with Gasteiger partial charge in [-0.2, -0.15) is 0 Å². The molecule has 0 saturated heterocycles. The average molecular weight is 301 g/mol. The third-order valence-corrected chi connectivity index (χ3v) is 3.58. The first kappa shape index (κ1) is 14.2. The molecule has 0 bridgehead atoms. The van der Waals surface area contributed by atoms with E-state index in [9.17, 15) is 9.59 Å². The Morgan fingerprint density at radius 2 is 2.14 bits per heavy atom. The first-order chi connectivity index (χ1) is 10.5. The van der Waals surface area contributed by atoms with Gasteiger partial charge in [-0.15, -0.1) is 0 Å². The lowest BCUT2D eigenvalue weighted by Gasteiger charge is -2.10. The van der Waals surface area contributed by atoms with Crippen LogP contribution in [0.2, 0.25) is 0 Å². The van der Waals surface area contributed by atoms with Crippen molar-refractivity contribution < 1.29 is 23.8 Å². The van der Waals surface area contributed by atoms with Crippen molar-refractivity contribution in [3.05, 3.63) is 53.0 Å². The van der Waals surface area contributed by atoms with Gasteiger partial charge in [-0.1, -0.05) is 18.2 Å². The summed E-state index contributed by atoms with van der Waals surface area (Å²) in [6.45, 7) is 1.70. The van der Waals surface area contributed by atoms with Crippen LogP contribution >= 0.6 is 0 Å². The number of benzene rings is 1. The zero-order chi connectivity index (χ0) is 15.7. The summed E-state index contributed by atoms with van der Waals surface area (Å²) in [5.41, 5.74) is 1.11. The van der Waals surface area contributed by atoms with Crippen LogP contribution in [0.15, 0.2) is 34.7 Å². The van der Waals surface area contributed by atoms with Gasteiger partial charge in [-0.3, -0.25) is 4.79 Å². The van der Waals surface area contributed by atoms with Crippen LogP contribution in [0, 0.1) is 6.92 Å². The first-order valence-electron chi connectivity index (χ1n) is 6.89. The van der Waals surface area contributed by atoms with E-state index in [0.29, 0.717) is 17.9 Å². The predicted molar refractivity (Wildman–Crippen MR) is 76.8 cm³/mol. The molecule has 2 heterocycles. The number of aromatic carboxylic acids is 1. The number of carbonyl (C=O) groups excluding carboxylic acids is 1. The van der Waals surface area contributed by atoms with Gasteiger partial charge in [0.05, 0.1) is 6.54 Å². The van der Waals surface area contributed by atoms with Gasteiger partial charge in [0.2, 0.25) is 0 Å². The van der Waals surface area contributed by atoms with Gasteiger partial charge in [0.1, 0.15) is 22.8 Å². The minimum absolute atomic E-state index is 0.105. The minimum atomic E-state index is -1.05. The van der Waals surface area contributed by atoms with Gasteiger partial charge < -0.3 is 19.6 Å². The number of amides is 1. The van der Waals surface area contributed by atoms with Crippen LogP contribution in [0.25, 0.3) is 0 Å². The average Bonchev–Trinajstić information content (AvgIpc) is 3.08. The summed E-state index contributed by atoms with van der Waals surface area (Å²) in [5.74, 6) is 0.153. The number of hydrogen-bond acceptors (Lipinski definition) is 4. The number of para-hydroxylation sites is 1. The number of carboxylic acids is 1. The molecule has 1 aromatic heterocycles. The van der Waals surface area contributed by atoms with E-state index in [2.05, 4.69) is 5.32 Å². The monoisotopic (exact) mass is 301 g/mol. The molecule has 0 spiro atoms. The number of carbonyl (C=O) groups is 2. The Hall–Kier alpha value is -2.76. The molecule has 2 N–H and O–H groups in total. The van der Waals surface area contributed by atoms with Gasteiger partial charge in [0, 0.05) is 6.42 Å². The van der Waals surface area contributed by atoms with Crippen molar-refractivity contribution in [2.75, 3.05) is 0 Å². The number of carboxylic acid groups (broad SMARTS) is 1. The summed E-state index contributed by atoms with van der Waals surface area (Å²) in [4.78, 5) is 23.1. The molecule has 6 nitrogen and oxygen atoms in total. The Morgan fingerprint density at radius 3 is 2.82 bits per heavy atom. The summed E-state index contributed by atoms with van der Waals surface area (Å²) in [7, 11) is 0. The molecular weight excluding hydrogens is 286 g/mol. The van der Waals surface area contributed by atoms with E-state index in [1.807, 2.05) is 24.3 Å². The van der Waals surface area contributed by atoms with Crippen molar-refractivity contribution in [3.8, 4) is 5.75 Å². The molecule has 0 fully saturated rings. The highest BCUT2D eigenvalue weighted by atomic mass is 16.5. The number of fused-ring (bicyclic) bond motifs is 1. The molecule has 0 aliphatic carbocycles. The quantitative estimate of drug-likeness (QED) is 0.900. The second-order valence-corrected chi connectivity index (χ2v) is 5.12. The zero-order valence-corrected chi connectivity index (χ0v) is 12.0. The van der Waals surface area contributed by atoms with Crippen molar-refractivity contribution in [1.82, 2.24) is 5.32 Å². The van der Waals surface area contributed by atoms with Crippen molar-refractivity contribution in [3.63, 3.8) is 0 Å². The molecule has 0 unspecified atom stereocenters. The normalized spacial score (nSPS) is 16.0. The fraction of sp³-hybridized carbons (Fsp3) is 0.250. The number of ether oxygens (including phenoxy) is 1. The molecule has 2 aromatic rings. The van der Waals surface area contributed by atoms with E-state index in [1.165, 1.54) is 6.07 Å². The Balaban J connectivity index is 1.60. The van der Waals surface area contributed by atoms with Gasteiger partial charge in [-0.25, -0.2) is 4.79 Å². The lowest BCUT2D eigenvalue weighted by atomic mass is 10.1.